The number of fused-ring (bicyclic) bond motifs is 3. The summed E-state index contributed by atoms with van der Waals surface area (Å²) in [6, 6.07) is 0. The van der Waals surface area contributed by atoms with Crippen LogP contribution in [0.15, 0.2) is 11.1 Å². The SMILES string of the molecule is C[C-](C)C.[CH2-]N1C(=O)C2CC3CCC4=C(CCCC4(C)C)C3(C)CC2C1=O.[Y]. The molecule has 4 rings (SSSR count). The summed E-state index contributed by atoms with van der Waals surface area (Å²) in [5, 5.41) is 0. The van der Waals surface area contributed by atoms with E-state index in [4.69, 9.17) is 0 Å². The third kappa shape index (κ3) is 4.09. The predicted molar refractivity (Wildman–Crippen MR) is 109 cm³/mol. The van der Waals surface area contributed by atoms with Crippen LogP contribution in [-0.4, -0.2) is 16.7 Å². The van der Waals surface area contributed by atoms with Gasteiger partial charge in [-0.3, -0.25) is 9.59 Å². The van der Waals surface area contributed by atoms with E-state index in [0.29, 0.717) is 11.3 Å². The quantitative estimate of drug-likeness (QED) is 0.264. The maximum absolute atomic E-state index is 12.5. The molecule has 4 atom stereocenters. The second-order valence-electron chi connectivity index (χ2n) is 10.6. The number of likely N-dealkylation sites (tertiary alicyclic amines) is 1. The van der Waals surface area contributed by atoms with Crippen molar-refractivity contribution in [2.45, 2.75) is 86.5 Å². The van der Waals surface area contributed by atoms with Gasteiger partial charge in [-0.15, -0.1) is 0 Å². The van der Waals surface area contributed by atoms with Crippen molar-refractivity contribution >= 4 is 11.8 Å². The average molecular weight is 460 g/mol. The Morgan fingerprint density at radius 2 is 1.57 bits per heavy atom. The second-order valence-corrected chi connectivity index (χ2v) is 10.6. The maximum atomic E-state index is 12.5. The van der Waals surface area contributed by atoms with Crippen LogP contribution in [0.25, 0.3) is 0 Å². The van der Waals surface area contributed by atoms with E-state index in [1.807, 2.05) is 0 Å². The summed E-state index contributed by atoms with van der Waals surface area (Å²) in [6.07, 6.45) is 7.85. The molecule has 0 spiro atoms. The number of nitrogens with zero attached hydrogens (tertiary/aromatic N) is 1. The van der Waals surface area contributed by atoms with E-state index >= 15 is 0 Å². The Hall–Kier alpha value is -0.0161. The standard InChI is InChI=1S/C20H28NO2.C4H9.Y/c1-19(2)9-5-6-16-15(19)8-7-12-10-13-14(11-20(12,16)3)18(23)21(4)17(13)22;1-4(2)3;/h12-14H,4-11H2,1-3H3;1-3H3;/q2*-1;. The van der Waals surface area contributed by atoms with Crippen molar-refractivity contribution in [3.63, 3.8) is 0 Å². The van der Waals surface area contributed by atoms with E-state index in [0.717, 1.165) is 17.7 Å². The zero-order valence-electron chi connectivity index (χ0n) is 18.7. The first-order valence-corrected chi connectivity index (χ1v) is 10.7. The van der Waals surface area contributed by atoms with Gasteiger partial charge in [-0.2, -0.15) is 20.8 Å². The fourth-order valence-corrected chi connectivity index (χ4v) is 6.20. The normalized spacial score (nSPS) is 36.1. The summed E-state index contributed by atoms with van der Waals surface area (Å²) in [6.45, 7) is 13.4. The van der Waals surface area contributed by atoms with Crippen LogP contribution in [0.5, 0.6) is 0 Å². The second kappa shape index (κ2) is 8.62. The van der Waals surface area contributed by atoms with E-state index in [2.05, 4.69) is 48.6 Å². The van der Waals surface area contributed by atoms with Crippen LogP contribution in [0.4, 0.5) is 0 Å². The third-order valence-electron chi connectivity index (χ3n) is 7.58. The molecule has 155 valence electrons. The number of carbonyl (C=O) groups is 2. The van der Waals surface area contributed by atoms with E-state index in [1.165, 1.54) is 38.0 Å². The van der Waals surface area contributed by atoms with E-state index in [9.17, 15) is 9.59 Å². The Morgan fingerprint density at radius 3 is 2.18 bits per heavy atom. The molecule has 0 aromatic rings. The monoisotopic (exact) mass is 460 g/mol. The summed E-state index contributed by atoms with van der Waals surface area (Å²) in [5.41, 5.74) is 3.75. The first-order valence-electron chi connectivity index (χ1n) is 10.7. The van der Waals surface area contributed by atoms with Crippen LogP contribution in [-0.2, 0) is 42.3 Å². The van der Waals surface area contributed by atoms with Crippen LogP contribution in [0.3, 0.4) is 0 Å². The van der Waals surface area contributed by atoms with Crippen LogP contribution in [0, 0.1) is 41.5 Å². The fourth-order valence-electron chi connectivity index (χ4n) is 6.20. The number of allylic oxidation sites excluding steroid dienone is 2. The Kier molecular flexibility index (Phi) is 7.46. The van der Waals surface area contributed by atoms with E-state index in [-0.39, 0.29) is 61.8 Å². The molecule has 4 aliphatic rings. The Bertz CT molecular complexity index is 663. The molecule has 4 unspecified atom stereocenters. The third-order valence-corrected chi connectivity index (χ3v) is 7.58. The molecule has 0 bridgehead atoms. The molecule has 0 aromatic heterocycles. The van der Waals surface area contributed by atoms with Gasteiger partial charge in [0.2, 0.25) is 11.8 Å². The maximum Gasteiger partial charge on any atom is 0.203 e. The van der Waals surface area contributed by atoms with Gasteiger partial charge in [0.1, 0.15) is 0 Å². The zero-order chi connectivity index (χ0) is 20.1. The van der Waals surface area contributed by atoms with E-state index in [1.54, 1.807) is 11.1 Å². The van der Waals surface area contributed by atoms with Gasteiger partial charge in [0.05, 0.1) is 0 Å². The smallest absolute Gasteiger partial charge is 0.203 e. The summed E-state index contributed by atoms with van der Waals surface area (Å²) < 4.78 is 0. The summed E-state index contributed by atoms with van der Waals surface area (Å²) >= 11 is 0. The molecule has 28 heavy (non-hydrogen) atoms. The zero-order valence-corrected chi connectivity index (χ0v) is 21.6. The molecule has 1 saturated carbocycles. The van der Waals surface area contributed by atoms with Gasteiger partial charge in [-0.25, -0.2) is 7.05 Å². The molecule has 0 aromatic carbocycles. The number of amides is 2. The largest absolute Gasteiger partial charge is 0.438 e. The van der Waals surface area contributed by atoms with Crippen molar-refractivity contribution in [3.8, 4) is 0 Å². The van der Waals surface area contributed by atoms with Crippen LogP contribution < -0.4 is 0 Å². The van der Waals surface area contributed by atoms with Crippen molar-refractivity contribution in [1.29, 1.82) is 0 Å². The summed E-state index contributed by atoms with van der Waals surface area (Å²) in [4.78, 5) is 26.0. The Morgan fingerprint density at radius 1 is 1.00 bits per heavy atom. The first kappa shape index (κ1) is 24.3. The van der Waals surface area contributed by atoms with Crippen LogP contribution in [0.1, 0.15) is 86.5 Å². The first-order chi connectivity index (χ1) is 12.5. The van der Waals surface area contributed by atoms with Gasteiger partial charge in [0.15, 0.2) is 0 Å². The topological polar surface area (TPSA) is 37.4 Å². The van der Waals surface area contributed by atoms with Gasteiger partial charge in [-0.1, -0.05) is 31.9 Å². The van der Waals surface area contributed by atoms with Crippen molar-refractivity contribution < 1.29 is 42.3 Å². The molecule has 1 radical (unpaired) electrons. The van der Waals surface area contributed by atoms with Crippen LogP contribution >= 0.6 is 0 Å². The van der Waals surface area contributed by atoms with Gasteiger partial charge in [0.25, 0.3) is 0 Å². The van der Waals surface area contributed by atoms with E-state index < -0.39 is 0 Å². The molecular weight excluding hydrogens is 423 g/mol. The Balaban J connectivity index is 0.000000515. The number of hydrogen-bond donors (Lipinski definition) is 0. The molecule has 0 N–H and O–H groups in total. The average Bonchev–Trinajstić information content (AvgIpc) is 2.76. The van der Waals surface area contributed by atoms with Crippen LogP contribution in [0.2, 0.25) is 0 Å². The van der Waals surface area contributed by atoms with Crippen molar-refractivity contribution in [2.24, 2.45) is 28.6 Å². The minimum absolute atomic E-state index is 0. The molecule has 2 amide bonds. The predicted octanol–water partition coefficient (Wildman–Crippen LogP) is 5.71. The minimum atomic E-state index is -0.127. The van der Waals surface area contributed by atoms with Gasteiger partial charge in [-0.05, 0) is 61.7 Å². The number of rotatable bonds is 0. The number of hydrogen-bond acceptors (Lipinski definition) is 2. The Labute approximate surface area is 197 Å². The summed E-state index contributed by atoms with van der Waals surface area (Å²) in [7, 11) is 3.69. The molecule has 3 nitrogen and oxygen atoms in total. The molecule has 4 heteroatoms. The molecule has 1 saturated heterocycles. The number of carbonyl (C=O) groups excluding carboxylic acids is 2. The minimum Gasteiger partial charge on any atom is -0.438 e. The van der Waals surface area contributed by atoms with Crippen molar-refractivity contribution in [2.75, 3.05) is 0 Å². The van der Waals surface area contributed by atoms with Gasteiger partial charge in [0, 0.05) is 44.5 Å². The van der Waals surface area contributed by atoms with Crippen molar-refractivity contribution in [1.82, 2.24) is 4.90 Å². The molecule has 1 heterocycles. The molecule has 2 fully saturated rings. The molecule has 3 aliphatic carbocycles. The summed E-state index contributed by atoms with van der Waals surface area (Å²) in [5.74, 6) is 1.67. The van der Waals surface area contributed by atoms with Gasteiger partial charge >= 0.3 is 0 Å². The molecular formula is C24H37NO2Y-2. The van der Waals surface area contributed by atoms with Gasteiger partial charge < -0.3 is 10.8 Å². The van der Waals surface area contributed by atoms with Crippen molar-refractivity contribution in [3.05, 3.63) is 24.1 Å². The number of imide groups is 1. The molecule has 1 aliphatic heterocycles. The fraction of sp³-hybridized carbons (Fsp3) is 0.750.